The highest BCUT2D eigenvalue weighted by Gasteiger charge is 2.26. The molecule has 43 heavy (non-hydrogen) atoms. The number of rotatable bonds is 14. The van der Waals surface area contributed by atoms with Gasteiger partial charge in [-0.2, -0.15) is 0 Å². The molecule has 2 saturated heterocycles. The molecule has 2 aliphatic heterocycles. The molecule has 2 rings (SSSR count). The summed E-state index contributed by atoms with van der Waals surface area (Å²) in [7, 11) is 0. The molecule has 8 N–H and O–H groups in total. The van der Waals surface area contributed by atoms with Crippen LogP contribution in [0.3, 0.4) is 0 Å². The van der Waals surface area contributed by atoms with Gasteiger partial charge in [0.15, 0.2) is 23.3 Å². The topological polar surface area (TPSA) is 155 Å². The molecule has 0 bridgehead atoms. The summed E-state index contributed by atoms with van der Waals surface area (Å²) in [6.45, 7) is 22.6. The Kier molecular flexibility index (Phi) is 16.0. The van der Waals surface area contributed by atoms with Crippen LogP contribution in [0.5, 0.6) is 0 Å². The third-order valence-electron chi connectivity index (χ3n) is 8.25. The SMILES string of the molecule is CC(C)CN(CC(C)C)C(=N)C(N)=NC1CC(CCCC2CCNC(N=C(N)C(=N)N(CC(C)C)CC(C)C)C2)CCN1. The number of nitrogens with one attached hydrogen (secondary N) is 4. The number of nitrogens with zero attached hydrogens (tertiary/aromatic N) is 4. The molecular weight excluding hydrogens is 536 g/mol. The van der Waals surface area contributed by atoms with E-state index in [0.29, 0.717) is 58.8 Å². The summed E-state index contributed by atoms with van der Waals surface area (Å²) in [6, 6.07) is 0. The summed E-state index contributed by atoms with van der Waals surface area (Å²) < 4.78 is 0. The van der Waals surface area contributed by atoms with Crippen molar-refractivity contribution >= 4 is 23.3 Å². The maximum Gasteiger partial charge on any atom is 0.163 e. The minimum atomic E-state index is -0.0131. The summed E-state index contributed by atoms with van der Waals surface area (Å²) in [4.78, 5) is 13.7. The van der Waals surface area contributed by atoms with Crippen molar-refractivity contribution in [2.75, 3.05) is 39.3 Å². The molecule has 0 aliphatic carbocycles. The summed E-state index contributed by atoms with van der Waals surface area (Å²) in [5, 5.41) is 24.4. The molecule has 4 unspecified atom stereocenters. The first-order valence-electron chi connectivity index (χ1n) is 17.1. The van der Waals surface area contributed by atoms with Crippen LogP contribution < -0.4 is 22.1 Å². The van der Waals surface area contributed by atoms with Crippen LogP contribution in [0, 0.1) is 46.3 Å². The van der Waals surface area contributed by atoms with E-state index in [9.17, 15) is 0 Å². The van der Waals surface area contributed by atoms with E-state index in [0.717, 1.165) is 65.0 Å². The second-order valence-electron chi connectivity index (χ2n) is 14.8. The summed E-state index contributed by atoms with van der Waals surface area (Å²) >= 11 is 0. The number of hydrogen-bond acceptors (Lipinski definition) is 6. The van der Waals surface area contributed by atoms with Crippen LogP contribution in [-0.2, 0) is 0 Å². The van der Waals surface area contributed by atoms with Crippen molar-refractivity contribution in [2.45, 2.75) is 113 Å². The summed E-state index contributed by atoms with van der Waals surface area (Å²) in [6.07, 6.45) is 7.85. The van der Waals surface area contributed by atoms with Gasteiger partial charge in [0.2, 0.25) is 0 Å². The Morgan fingerprint density at radius 2 is 0.977 bits per heavy atom. The molecule has 0 amide bonds. The van der Waals surface area contributed by atoms with Crippen LogP contribution in [0.25, 0.3) is 0 Å². The van der Waals surface area contributed by atoms with Crippen molar-refractivity contribution < 1.29 is 0 Å². The highest BCUT2D eigenvalue weighted by Crippen LogP contribution is 2.27. The highest BCUT2D eigenvalue weighted by molar-refractivity contribution is 6.39. The third kappa shape index (κ3) is 14.0. The van der Waals surface area contributed by atoms with Crippen LogP contribution >= 0.6 is 0 Å². The highest BCUT2D eigenvalue weighted by atomic mass is 15.2. The van der Waals surface area contributed by atoms with E-state index in [1.54, 1.807) is 0 Å². The molecule has 10 heteroatoms. The fourth-order valence-corrected chi connectivity index (χ4v) is 6.42. The van der Waals surface area contributed by atoms with Crippen molar-refractivity contribution in [3.8, 4) is 0 Å². The Morgan fingerprint density at radius 3 is 1.28 bits per heavy atom. The van der Waals surface area contributed by atoms with Crippen LogP contribution in [0.2, 0.25) is 0 Å². The Balaban J connectivity index is 1.86. The van der Waals surface area contributed by atoms with Gasteiger partial charge in [0.1, 0.15) is 12.3 Å². The lowest BCUT2D eigenvalue weighted by Crippen LogP contribution is -2.46. The zero-order valence-electron chi connectivity index (χ0n) is 28.8. The molecule has 0 spiro atoms. The largest absolute Gasteiger partial charge is 0.381 e. The number of amidine groups is 4. The molecular formula is C33H66N10. The quantitative estimate of drug-likeness (QED) is 0.125. The minimum Gasteiger partial charge on any atom is -0.381 e. The van der Waals surface area contributed by atoms with Crippen molar-refractivity contribution in [1.82, 2.24) is 20.4 Å². The molecule has 0 radical (unpaired) electrons. The molecule has 2 fully saturated rings. The summed E-state index contributed by atoms with van der Waals surface area (Å²) in [5.41, 5.74) is 12.7. The van der Waals surface area contributed by atoms with Crippen molar-refractivity contribution in [3.63, 3.8) is 0 Å². The van der Waals surface area contributed by atoms with Gasteiger partial charge in [-0.15, -0.1) is 0 Å². The predicted molar refractivity (Wildman–Crippen MR) is 184 cm³/mol. The number of piperidine rings is 2. The molecule has 0 saturated carbocycles. The summed E-state index contributed by atoms with van der Waals surface area (Å²) in [5.74, 6) is 4.53. The molecule has 10 nitrogen and oxygen atoms in total. The average Bonchev–Trinajstić information content (AvgIpc) is 2.91. The lowest BCUT2D eigenvalue weighted by atomic mass is 9.86. The number of nitrogens with two attached hydrogens (primary N) is 2. The third-order valence-corrected chi connectivity index (χ3v) is 8.25. The maximum atomic E-state index is 8.69. The van der Waals surface area contributed by atoms with Crippen LogP contribution in [0.15, 0.2) is 9.98 Å². The van der Waals surface area contributed by atoms with E-state index in [1.807, 2.05) is 0 Å². The zero-order chi connectivity index (χ0) is 32.1. The molecule has 0 aromatic rings. The van der Waals surface area contributed by atoms with Gasteiger partial charge in [-0.1, -0.05) is 74.7 Å². The molecule has 2 heterocycles. The van der Waals surface area contributed by atoms with Gasteiger partial charge >= 0.3 is 0 Å². The number of aliphatic imine (C=N–C) groups is 2. The normalized spacial score (nSPS) is 23.8. The minimum absolute atomic E-state index is 0.0131. The molecule has 0 aromatic carbocycles. The monoisotopic (exact) mass is 603 g/mol. The van der Waals surface area contributed by atoms with Gasteiger partial charge in [0.25, 0.3) is 0 Å². The van der Waals surface area contributed by atoms with E-state index in [4.69, 9.17) is 32.3 Å². The van der Waals surface area contributed by atoms with Crippen molar-refractivity contribution in [2.24, 2.45) is 57.0 Å². The van der Waals surface area contributed by atoms with E-state index in [-0.39, 0.29) is 12.3 Å². The second-order valence-corrected chi connectivity index (χ2v) is 14.8. The Bertz CT molecular complexity index is 817. The second kappa shape index (κ2) is 18.6. The van der Waals surface area contributed by atoms with Gasteiger partial charge in [-0.05, 0) is 74.3 Å². The van der Waals surface area contributed by atoms with Gasteiger partial charge in [0, 0.05) is 26.2 Å². The first kappa shape index (κ1) is 37.0. The maximum absolute atomic E-state index is 8.69. The fraction of sp³-hybridized carbons (Fsp3) is 0.879. The lowest BCUT2D eigenvalue weighted by molar-refractivity contribution is 0.257. The van der Waals surface area contributed by atoms with E-state index < -0.39 is 0 Å². The van der Waals surface area contributed by atoms with E-state index in [2.05, 4.69) is 75.8 Å². The first-order chi connectivity index (χ1) is 20.2. The van der Waals surface area contributed by atoms with Gasteiger partial charge in [-0.3, -0.25) is 21.5 Å². The Morgan fingerprint density at radius 1 is 0.651 bits per heavy atom. The van der Waals surface area contributed by atoms with Crippen LogP contribution in [0.4, 0.5) is 0 Å². The van der Waals surface area contributed by atoms with E-state index in [1.165, 1.54) is 19.3 Å². The predicted octanol–water partition coefficient (Wildman–Crippen LogP) is 4.71. The van der Waals surface area contributed by atoms with Gasteiger partial charge in [0.05, 0.1) is 0 Å². The van der Waals surface area contributed by atoms with Gasteiger partial charge < -0.3 is 21.3 Å². The van der Waals surface area contributed by atoms with Crippen LogP contribution in [-0.4, -0.2) is 84.7 Å². The van der Waals surface area contributed by atoms with Crippen molar-refractivity contribution in [3.05, 3.63) is 0 Å². The Labute approximate surface area is 263 Å². The molecule has 4 atom stereocenters. The van der Waals surface area contributed by atoms with Crippen LogP contribution in [0.1, 0.15) is 100 Å². The number of hydrogen-bond donors (Lipinski definition) is 6. The average molecular weight is 603 g/mol. The lowest BCUT2D eigenvalue weighted by Gasteiger charge is -2.32. The standard InChI is InChI=1S/C33H66N10/c1-22(2)18-42(19-23(3)4)32(36)30(34)40-28-16-26(12-14-38-28)10-9-11-27-13-15-39-29(17-27)41-31(35)33(37)43(20-24(5)6)21-25(7)8/h22-29,36-39H,9-21H2,1-8H3,(H2,34,40)(H2,35,41). The van der Waals surface area contributed by atoms with E-state index >= 15 is 0 Å². The molecule has 2 aliphatic rings. The smallest absolute Gasteiger partial charge is 0.163 e. The van der Waals surface area contributed by atoms with Crippen molar-refractivity contribution in [1.29, 1.82) is 10.8 Å². The molecule has 0 aromatic heterocycles. The Hall–Kier alpha value is -2.20. The zero-order valence-corrected chi connectivity index (χ0v) is 28.8. The fourth-order valence-electron chi connectivity index (χ4n) is 6.42. The van der Waals surface area contributed by atoms with Gasteiger partial charge in [-0.25, -0.2) is 9.98 Å². The molecule has 248 valence electrons. The first-order valence-corrected chi connectivity index (χ1v) is 17.1.